The van der Waals surface area contributed by atoms with Crippen LogP contribution in [0.15, 0.2) is 48.5 Å². The highest BCUT2D eigenvalue weighted by atomic mass is 17.0. The summed E-state index contributed by atoms with van der Waals surface area (Å²) in [5.41, 5.74) is -0.286. The van der Waals surface area contributed by atoms with Crippen molar-refractivity contribution in [3.05, 3.63) is 59.7 Å². The zero-order chi connectivity index (χ0) is 32.3. The molecule has 8 saturated carbocycles. The maximum absolute atomic E-state index is 13.3. The van der Waals surface area contributed by atoms with Crippen LogP contribution in [0.3, 0.4) is 0 Å². The van der Waals surface area contributed by atoms with Crippen LogP contribution in [-0.4, -0.2) is 35.6 Å². The van der Waals surface area contributed by atoms with Crippen LogP contribution in [0.25, 0.3) is 0 Å². The van der Waals surface area contributed by atoms with Gasteiger partial charge >= 0.3 is 23.9 Å². The summed E-state index contributed by atoms with van der Waals surface area (Å²) in [4.78, 5) is 62.9. The average molecular weight is 642 g/mol. The summed E-state index contributed by atoms with van der Waals surface area (Å²) in [6.45, 7) is 1.78. The van der Waals surface area contributed by atoms with E-state index in [4.69, 9.17) is 19.1 Å². The number of esters is 2. The van der Waals surface area contributed by atoms with Crippen LogP contribution in [0.4, 0.5) is 0 Å². The number of rotatable bonds is 9. The van der Waals surface area contributed by atoms with E-state index in [2.05, 4.69) is 0 Å². The number of hydrogen-bond acceptors (Lipinski definition) is 9. The van der Waals surface area contributed by atoms with E-state index in [0.29, 0.717) is 47.0 Å². The second-order valence-electron chi connectivity index (χ2n) is 15.6. The van der Waals surface area contributed by atoms with Gasteiger partial charge in [0.2, 0.25) is 0 Å². The Balaban J connectivity index is 0.833. The van der Waals surface area contributed by atoms with Gasteiger partial charge in [0.1, 0.15) is 11.5 Å². The van der Waals surface area contributed by atoms with Gasteiger partial charge in [0.15, 0.2) is 0 Å². The van der Waals surface area contributed by atoms with Crippen LogP contribution in [0.5, 0.6) is 11.5 Å². The first kappa shape index (κ1) is 30.6. The minimum absolute atomic E-state index is 0.0962. The summed E-state index contributed by atoms with van der Waals surface area (Å²) in [7, 11) is 0. The number of ether oxygens (including phenoxy) is 2. The van der Waals surface area contributed by atoms with Crippen molar-refractivity contribution in [2.24, 2.45) is 46.3 Å². The molecule has 0 aliphatic heterocycles. The monoisotopic (exact) mass is 641 g/mol. The van der Waals surface area contributed by atoms with E-state index in [1.807, 2.05) is 0 Å². The molecule has 9 nitrogen and oxygen atoms in total. The van der Waals surface area contributed by atoms with E-state index in [1.54, 1.807) is 31.2 Å². The molecule has 0 aromatic heterocycles. The topological polar surface area (TPSA) is 108 Å². The molecule has 0 N–H and O–H groups in total. The van der Waals surface area contributed by atoms with Crippen molar-refractivity contribution in [3.8, 4) is 11.5 Å². The fraction of sp³-hybridized carbons (Fsp3) is 0.579. The molecule has 10 rings (SSSR count). The quantitative estimate of drug-likeness (QED) is 0.161. The first-order valence-corrected chi connectivity index (χ1v) is 17.5. The Kier molecular flexibility index (Phi) is 7.66. The van der Waals surface area contributed by atoms with Crippen molar-refractivity contribution in [1.82, 2.24) is 5.23 Å². The summed E-state index contributed by atoms with van der Waals surface area (Å²) < 4.78 is 11.6. The molecule has 0 radical (unpaired) electrons. The van der Waals surface area contributed by atoms with Crippen molar-refractivity contribution in [3.63, 3.8) is 0 Å². The molecule has 0 atom stereocenters. The van der Waals surface area contributed by atoms with Gasteiger partial charge < -0.3 is 19.1 Å². The molecule has 248 valence electrons. The fourth-order valence-electron chi connectivity index (χ4n) is 10.9. The van der Waals surface area contributed by atoms with Gasteiger partial charge in [-0.15, -0.1) is 0 Å². The van der Waals surface area contributed by atoms with Crippen molar-refractivity contribution in [1.29, 1.82) is 0 Å². The Labute approximate surface area is 275 Å². The predicted octanol–water partition coefficient (Wildman–Crippen LogP) is 7.10. The van der Waals surface area contributed by atoms with Crippen molar-refractivity contribution in [2.45, 2.75) is 84.0 Å². The van der Waals surface area contributed by atoms with Crippen LogP contribution in [-0.2, 0) is 19.3 Å². The molecule has 2 aromatic carbocycles. The Morgan fingerprint density at radius 3 is 1.13 bits per heavy atom. The lowest BCUT2D eigenvalue weighted by molar-refractivity contribution is -0.295. The largest absolute Gasteiger partial charge is 0.426 e. The Hall–Kier alpha value is -3.72. The van der Waals surface area contributed by atoms with Gasteiger partial charge in [-0.25, -0.2) is 9.59 Å². The second kappa shape index (κ2) is 11.8. The summed E-state index contributed by atoms with van der Waals surface area (Å²) in [6, 6.07) is 12.5. The summed E-state index contributed by atoms with van der Waals surface area (Å²) in [6.07, 6.45) is 13.0. The smallest absolute Gasteiger partial charge is 0.360 e. The van der Waals surface area contributed by atoms with E-state index in [1.165, 1.54) is 62.8 Å². The highest BCUT2D eigenvalue weighted by Crippen LogP contribution is 2.61. The second-order valence-corrected chi connectivity index (χ2v) is 15.6. The number of carbonyl (C=O) groups is 4. The molecule has 0 heterocycles. The first-order valence-electron chi connectivity index (χ1n) is 17.5. The molecule has 8 aliphatic carbocycles. The van der Waals surface area contributed by atoms with Gasteiger partial charge in [-0.1, -0.05) is 0 Å². The molecule has 0 unspecified atom stereocenters. The van der Waals surface area contributed by atoms with Gasteiger partial charge in [0.25, 0.3) is 0 Å². The van der Waals surface area contributed by atoms with Crippen molar-refractivity contribution >= 4 is 23.9 Å². The summed E-state index contributed by atoms with van der Waals surface area (Å²) in [5, 5.41) is 0.826. The van der Waals surface area contributed by atoms with Gasteiger partial charge in [-0.2, -0.15) is 0 Å². The number of hydroxylamine groups is 2. The van der Waals surface area contributed by atoms with Crippen LogP contribution < -0.4 is 9.47 Å². The van der Waals surface area contributed by atoms with Crippen LogP contribution in [0.2, 0.25) is 0 Å². The SMILES string of the molecule is CCN(OC(=O)c1ccc(OC(=O)C23CC4CC(CC(C4)C2)C3)cc1)OC(=O)c1ccc(OC(=O)C23CC4CC(CC(C4)C2)C3)cc1. The number of nitrogens with zero attached hydrogens (tertiary/aromatic N) is 1. The minimum atomic E-state index is -0.717. The lowest BCUT2D eigenvalue weighted by Crippen LogP contribution is -2.51. The maximum Gasteiger partial charge on any atom is 0.360 e. The van der Waals surface area contributed by atoms with E-state index in [0.717, 1.165) is 43.8 Å². The summed E-state index contributed by atoms with van der Waals surface area (Å²) in [5.74, 6) is 2.90. The van der Waals surface area contributed by atoms with E-state index < -0.39 is 11.9 Å². The molecule has 47 heavy (non-hydrogen) atoms. The summed E-state index contributed by atoms with van der Waals surface area (Å²) >= 11 is 0. The molecular formula is C38H43NO8. The molecule has 0 amide bonds. The van der Waals surface area contributed by atoms with Gasteiger partial charge in [-0.05, 0) is 168 Å². The third-order valence-corrected chi connectivity index (χ3v) is 12.2. The molecule has 0 spiro atoms. The van der Waals surface area contributed by atoms with Crippen molar-refractivity contribution < 1.29 is 38.3 Å². The predicted molar refractivity (Wildman–Crippen MR) is 169 cm³/mol. The van der Waals surface area contributed by atoms with Crippen molar-refractivity contribution in [2.75, 3.05) is 6.54 Å². The fourth-order valence-corrected chi connectivity index (χ4v) is 10.9. The average Bonchev–Trinajstić information content (AvgIpc) is 3.03. The normalized spacial score (nSPS) is 34.3. The molecule has 0 saturated heterocycles. The molecule has 9 heteroatoms. The highest BCUT2D eigenvalue weighted by Gasteiger charge is 2.57. The standard InChI is InChI=1S/C38H43NO8/c1-2-39(46-33(40)29-3-7-31(8-4-29)44-35(42)37-17-23-11-24(18-37)13-25(12-23)19-37)47-34(41)30-5-9-32(10-6-30)45-36(43)38-20-26-14-27(21-38)16-28(15-26)22-38/h3-10,23-28H,2,11-22H2,1H3. The third-order valence-electron chi connectivity index (χ3n) is 12.2. The van der Waals surface area contributed by atoms with Crippen LogP contribution in [0.1, 0.15) is 105 Å². The third kappa shape index (κ3) is 5.85. The highest BCUT2D eigenvalue weighted by molar-refractivity contribution is 5.91. The molecular weight excluding hydrogens is 598 g/mol. The van der Waals surface area contributed by atoms with E-state index in [-0.39, 0.29) is 40.4 Å². The zero-order valence-electron chi connectivity index (χ0n) is 27.0. The minimum Gasteiger partial charge on any atom is -0.426 e. The number of hydrogen-bond donors (Lipinski definition) is 0. The van der Waals surface area contributed by atoms with Gasteiger partial charge in [0.05, 0.1) is 28.5 Å². The molecule has 8 fully saturated rings. The number of carbonyl (C=O) groups excluding carboxylic acids is 4. The zero-order valence-corrected chi connectivity index (χ0v) is 27.0. The van der Waals surface area contributed by atoms with Crippen LogP contribution >= 0.6 is 0 Å². The lowest BCUT2D eigenvalue weighted by atomic mass is 9.49. The Morgan fingerprint density at radius 2 is 0.851 bits per heavy atom. The first-order chi connectivity index (χ1) is 22.7. The molecule has 2 aromatic rings. The van der Waals surface area contributed by atoms with Crippen LogP contribution in [0, 0.1) is 46.3 Å². The molecule has 8 aliphatic rings. The lowest BCUT2D eigenvalue weighted by Gasteiger charge is -2.55. The van der Waals surface area contributed by atoms with Gasteiger partial charge in [0, 0.05) is 5.23 Å². The maximum atomic E-state index is 13.3. The van der Waals surface area contributed by atoms with E-state index in [9.17, 15) is 19.2 Å². The van der Waals surface area contributed by atoms with E-state index >= 15 is 0 Å². The number of benzene rings is 2. The Bertz CT molecular complexity index is 1380. The molecule has 8 bridgehead atoms. The Morgan fingerprint density at radius 1 is 0.553 bits per heavy atom. The van der Waals surface area contributed by atoms with Gasteiger partial charge in [-0.3, -0.25) is 9.59 Å².